The molecule has 3 heterocycles. The fourth-order valence-corrected chi connectivity index (χ4v) is 6.69. The quantitative estimate of drug-likeness (QED) is 0.641. The third-order valence-electron chi connectivity index (χ3n) is 8.43. The molecule has 0 aromatic rings. The molecule has 0 spiro atoms. The number of amides is 3. The summed E-state index contributed by atoms with van der Waals surface area (Å²) in [5.74, 6) is 0.488. The lowest BCUT2D eigenvalue weighted by Gasteiger charge is -2.43. The van der Waals surface area contributed by atoms with Crippen molar-refractivity contribution in [2.45, 2.75) is 88.3 Å². The molecule has 3 aliphatic heterocycles. The highest BCUT2D eigenvalue weighted by atomic mass is 19.1. The molecular formula is C22H36FN5O2. The molecule has 30 heavy (non-hydrogen) atoms. The minimum absolute atomic E-state index is 0.0115. The predicted octanol–water partition coefficient (Wildman–Crippen LogP) is 1.24. The Bertz CT molecular complexity index is 660. The average molecular weight is 422 g/mol. The van der Waals surface area contributed by atoms with Crippen LogP contribution in [-0.4, -0.2) is 84.3 Å². The molecule has 0 aromatic carbocycles. The van der Waals surface area contributed by atoms with E-state index in [1.54, 1.807) is 0 Å². The normalized spacial score (nSPS) is 44.3. The summed E-state index contributed by atoms with van der Waals surface area (Å²) < 4.78 is 14.4. The summed E-state index contributed by atoms with van der Waals surface area (Å²) in [5.41, 5.74) is 0. The highest BCUT2D eigenvalue weighted by molar-refractivity contribution is 5.82. The van der Waals surface area contributed by atoms with Crippen LogP contribution in [-0.2, 0) is 4.79 Å². The minimum Gasteiger partial charge on any atom is -0.352 e. The standard InChI is InChI=1S/C22H36FN5O2/c1-13-5-6-18(23)17-10-19(26-20(13)17)21(29)25-14-3-2-4-15(9-14)27-7-8-28-16(12-27)11-24-22(28)30/h13-20,26H,2-12H2,1H3,(H,24,30)(H,25,29)/t13?,14-,15+,16-,17?,18?,19?,20?/m1/s1. The van der Waals surface area contributed by atoms with Gasteiger partial charge in [-0.1, -0.05) is 6.92 Å². The maximum Gasteiger partial charge on any atom is 0.317 e. The van der Waals surface area contributed by atoms with Gasteiger partial charge in [-0.15, -0.1) is 0 Å². The molecule has 3 saturated heterocycles. The first-order valence-electron chi connectivity index (χ1n) is 12.0. The molecule has 0 bridgehead atoms. The van der Waals surface area contributed by atoms with E-state index in [0.717, 1.165) is 58.3 Å². The summed E-state index contributed by atoms with van der Waals surface area (Å²) in [6, 6.07) is 0.906. The van der Waals surface area contributed by atoms with Gasteiger partial charge < -0.3 is 20.9 Å². The number of alkyl halides is 1. The molecule has 2 saturated carbocycles. The third kappa shape index (κ3) is 3.81. The Morgan fingerprint density at radius 1 is 1.13 bits per heavy atom. The molecule has 0 aromatic heterocycles. The van der Waals surface area contributed by atoms with Crippen LogP contribution < -0.4 is 16.0 Å². The number of piperazine rings is 1. The predicted molar refractivity (Wildman–Crippen MR) is 112 cm³/mol. The van der Waals surface area contributed by atoms with Crippen molar-refractivity contribution >= 4 is 11.9 Å². The highest BCUT2D eigenvalue weighted by Crippen LogP contribution is 2.38. The molecule has 7 nitrogen and oxygen atoms in total. The molecule has 5 fully saturated rings. The molecule has 5 rings (SSSR count). The van der Waals surface area contributed by atoms with Crippen molar-refractivity contribution in [2.75, 3.05) is 26.2 Å². The smallest absolute Gasteiger partial charge is 0.317 e. The summed E-state index contributed by atoms with van der Waals surface area (Å²) in [4.78, 5) is 29.3. The van der Waals surface area contributed by atoms with Crippen LogP contribution in [0.2, 0.25) is 0 Å². The van der Waals surface area contributed by atoms with Gasteiger partial charge >= 0.3 is 6.03 Å². The Labute approximate surface area is 178 Å². The number of urea groups is 1. The second-order valence-corrected chi connectivity index (χ2v) is 10.3. The number of nitrogens with one attached hydrogen (secondary N) is 3. The monoisotopic (exact) mass is 421 g/mol. The van der Waals surface area contributed by atoms with E-state index in [4.69, 9.17) is 0 Å². The third-order valence-corrected chi connectivity index (χ3v) is 8.43. The highest BCUT2D eigenvalue weighted by Gasteiger charge is 2.46. The molecule has 5 aliphatic rings. The summed E-state index contributed by atoms with van der Waals surface area (Å²) in [6.45, 7) is 5.55. The number of halogens is 1. The van der Waals surface area contributed by atoms with Gasteiger partial charge in [-0.3, -0.25) is 9.69 Å². The Morgan fingerprint density at radius 2 is 2.00 bits per heavy atom. The summed E-state index contributed by atoms with van der Waals surface area (Å²) >= 11 is 0. The van der Waals surface area contributed by atoms with Crippen molar-refractivity contribution in [1.82, 2.24) is 25.8 Å². The molecule has 3 amide bonds. The van der Waals surface area contributed by atoms with E-state index in [0.29, 0.717) is 24.8 Å². The molecule has 2 aliphatic carbocycles. The van der Waals surface area contributed by atoms with Crippen molar-refractivity contribution < 1.29 is 14.0 Å². The molecule has 8 heteroatoms. The minimum atomic E-state index is -0.772. The van der Waals surface area contributed by atoms with E-state index >= 15 is 0 Å². The van der Waals surface area contributed by atoms with Crippen molar-refractivity contribution in [3.05, 3.63) is 0 Å². The number of carbonyl (C=O) groups excluding carboxylic acids is 2. The molecule has 3 N–H and O–H groups in total. The van der Waals surface area contributed by atoms with Gasteiger partial charge in [0.2, 0.25) is 5.91 Å². The van der Waals surface area contributed by atoms with Gasteiger partial charge in [-0.2, -0.15) is 0 Å². The largest absolute Gasteiger partial charge is 0.352 e. The van der Waals surface area contributed by atoms with Crippen LogP contribution in [0, 0.1) is 11.8 Å². The van der Waals surface area contributed by atoms with Crippen molar-refractivity contribution in [3.63, 3.8) is 0 Å². The first kappa shape index (κ1) is 20.5. The van der Waals surface area contributed by atoms with Crippen LogP contribution in [0.5, 0.6) is 0 Å². The van der Waals surface area contributed by atoms with Gasteiger partial charge in [-0.25, -0.2) is 9.18 Å². The first-order valence-corrected chi connectivity index (χ1v) is 12.0. The average Bonchev–Trinajstić information content (AvgIpc) is 3.36. The van der Waals surface area contributed by atoms with E-state index in [2.05, 4.69) is 27.8 Å². The summed E-state index contributed by atoms with van der Waals surface area (Å²) in [5, 5.41) is 9.70. The SMILES string of the molecule is CC1CCC(F)C2CC(C(=O)N[C@@H]3CCC[C@H](N4CCN5C(=O)NC[C@@H]5C4)C3)NC12. The fraction of sp³-hybridized carbons (Fsp3) is 0.909. The fourth-order valence-electron chi connectivity index (χ4n) is 6.69. The number of carbonyl (C=O) groups is 2. The maximum absolute atomic E-state index is 14.4. The zero-order valence-electron chi connectivity index (χ0n) is 18.0. The van der Waals surface area contributed by atoms with Crippen LogP contribution in [0.1, 0.15) is 51.9 Å². The Hall–Kier alpha value is -1.41. The van der Waals surface area contributed by atoms with Crippen LogP contribution in [0.4, 0.5) is 9.18 Å². The van der Waals surface area contributed by atoms with Gasteiger partial charge in [0.1, 0.15) is 6.17 Å². The van der Waals surface area contributed by atoms with Gasteiger partial charge in [0, 0.05) is 50.2 Å². The number of nitrogens with zero attached hydrogens (tertiary/aromatic N) is 2. The number of hydrogen-bond acceptors (Lipinski definition) is 4. The second-order valence-electron chi connectivity index (χ2n) is 10.3. The first-order chi connectivity index (χ1) is 14.5. The number of rotatable bonds is 3. The van der Waals surface area contributed by atoms with E-state index < -0.39 is 6.17 Å². The Morgan fingerprint density at radius 3 is 2.83 bits per heavy atom. The number of fused-ring (bicyclic) bond motifs is 2. The topological polar surface area (TPSA) is 76.7 Å². The number of hydrogen-bond donors (Lipinski definition) is 3. The van der Waals surface area contributed by atoms with Gasteiger partial charge in [0.05, 0.1) is 12.1 Å². The lowest BCUT2D eigenvalue weighted by atomic mass is 9.77. The van der Waals surface area contributed by atoms with E-state index in [9.17, 15) is 14.0 Å². The van der Waals surface area contributed by atoms with Crippen molar-refractivity contribution in [3.8, 4) is 0 Å². The second kappa shape index (κ2) is 8.26. The zero-order valence-corrected chi connectivity index (χ0v) is 18.0. The molecule has 8 atom stereocenters. The lowest BCUT2D eigenvalue weighted by Crippen LogP contribution is -2.57. The van der Waals surface area contributed by atoms with E-state index in [1.165, 1.54) is 0 Å². The van der Waals surface area contributed by atoms with Gasteiger partial charge in [0.15, 0.2) is 0 Å². The Balaban J connectivity index is 1.14. The summed E-state index contributed by atoms with van der Waals surface area (Å²) in [6.07, 6.45) is 5.67. The van der Waals surface area contributed by atoms with Crippen molar-refractivity contribution in [1.29, 1.82) is 0 Å². The van der Waals surface area contributed by atoms with E-state index in [1.807, 2.05) is 4.90 Å². The molecule has 5 unspecified atom stereocenters. The lowest BCUT2D eigenvalue weighted by molar-refractivity contribution is -0.124. The zero-order chi connectivity index (χ0) is 20.8. The van der Waals surface area contributed by atoms with Gasteiger partial charge in [-0.05, 0) is 50.9 Å². The van der Waals surface area contributed by atoms with Crippen molar-refractivity contribution in [2.24, 2.45) is 11.8 Å². The molecule has 0 radical (unpaired) electrons. The molecular weight excluding hydrogens is 385 g/mol. The van der Waals surface area contributed by atoms with E-state index in [-0.39, 0.29) is 42.0 Å². The summed E-state index contributed by atoms with van der Waals surface area (Å²) in [7, 11) is 0. The van der Waals surface area contributed by atoms with Crippen LogP contribution in [0.15, 0.2) is 0 Å². The van der Waals surface area contributed by atoms with Crippen LogP contribution >= 0.6 is 0 Å². The van der Waals surface area contributed by atoms with Crippen LogP contribution in [0.3, 0.4) is 0 Å². The van der Waals surface area contributed by atoms with Crippen LogP contribution in [0.25, 0.3) is 0 Å². The molecule has 168 valence electrons. The Kier molecular flexibility index (Phi) is 5.64. The van der Waals surface area contributed by atoms with Gasteiger partial charge in [0.25, 0.3) is 0 Å². The maximum atomic E-state index is 14.4.